The summed E-state index contributed by atoms with van der Waals surface area (Å²) in [6.07, 6.45) is 0.888. The Morgan fingerprint density at radius 3 is 3.00 bits per heavy atom. The SMILES string of the molecule is CCOC(=O)/N=C/CONC=O. The van der Waals surface area contributed by atoms with Crippen molar-refractivity contribution >= 4 is 18.7 Å². The van der Waals surface area contributed by atoms with E-state index in [0.29, 0.717) is 6.41 Å². The molecule has 2 amide bonds. The lowest BCUT2D eigenvalue weighted by Gasteiger charge is -1.94. The Balaban J connectivity index is 3.34. The van der Waals surface area contributed by atoms with E-state index >= 15 is 0 Å². The Morgan fingerprint density at radius 2 is 2.42 bits per heavy atom. The molecule has 0 saturated heterocycles. The first-order valence-corrected chi connectivity index (χ1v) is 3.31. The third-order valence-corrected chi connectivity index (χ3v) is 0.754. The number of hydrogen-bond acceptors (Lipinski definition) is 4. The highest BCUT2D eigenvalue weighted by atomic mass is 16.6. The maximum absolute atomic E-state index is 10.5. The molecule has 0 heterocycles. The Labute approximate surface area is 69.5 Å². The summed E-state index contributed by atoms with van der Waals surface area (Å²) in [5.41, 5.74) is 1.93. The van der Waals surface area contributed by atoms with Gasteiger partial charge in [-0.25, -0.2) is 10.3 Å². The minimum atomic E-state index is -0.674. The van der Waals surface area contributed by atoms with Gasteiger partial charge in [0.05, 0.1) is 6.61 Å². The third kappa shape index (κ3) is 6.69. The topological polar surface area (TPSA) is 77.0 Å². The van der Waals surface area contributed by atoms with E-state index in [-0.39, 0.29) is 13.2 Å². The molecule has 0 bridgehead atoms. The Bertz CT molecular complexity index is 169. The van der Waals surface area contributed by atoms with Crippen LogP contribution in [0.4, 0.5) is 4.79 Å². The first kappa shape index (κ1) is 10.6. The first-order valence-electron chi connectivity index (χ1n) is 3.31. The second-order valence-electron chi connectivity index (χ2n) is 1.56. The van der Waals surface area contributed by atoms with Crippen molar-refractivity contribution in [1.82, 2.24) is 5.48 Å². The number of nitrogens with one attached hydrogen (secondary N) is 1. The van der Waals surface area contributed by atoms with Crippen LogP contribution in [0.3, 0.4) is 0 Å². The fraction of sp³-hybridized carbons (Fsp3) is 0.500. The second-order valence-corrected chi connectivity index (χ2v) is 1.56. The molecule has 0 atom stereocenters. The zero-order valence-corrected chi connectivity index (χ0v) is 6.65. The normalized spacial score (nSPS) is 9.75. The van der Waals surface area contributed by atoms with E-state index in [9.17, 15) is 9.59 Å². The van der Waals surface area contributed by atoms with Crippen LogP contribution in [-0.4, -0.2) is 31.9 Å². The van der Waals surface area contributed by atoms with Gasteiger partial charge < -0.3 is 4.74 Å². The lowest BCUT2D eigenvalue weighted by atomic mass is 10.8. The molecule has 0 aromatic rings. The van der Waals surface area contributed by atoms with Crippen LogP contribution in [0.1, 0.15) is 6.92 Å². The summed E-state index contributed by atoms with van der Waals surface area (Å²) < 4.78 is 4.47. The van der Waals surface area contributed by atoms with Crippen LogP contribution in [0.2, 0.25) is 0 Å². The molecule has 6 heteroatoms. The van der Waals surface area contributed by atoms with Crippen LogP contribution < -0.4 is 5.48 Å². The van der Waals surface area contributed by atoms with Crippen LogP contribution in [0.15, 0.2) is 4.99 Å². The summed E-state index contributed by atoms with van der Waals surface area (Å²) in [4.78, 5) is 27.9. The first-order chi connectivity index (χ1) is 5.81. The highest BCUT2D eigenvalue weighted by Gasteiger charge is 1.92. The molecule has 0 saturated carbocycles. The number of aliphatic imine (C=N–C) groups is 1. The van der Waals surface area contributed by atoms with E-state index < -0.39 is 6.09 Å². The molecule has 0 rings (SSSR count). The maximum Gasteiger partial charge on any atom is 0.433 e. The Hall–Kier alpha value is -1.43. The highest BCUT2D eigenvalue weighted by molar-refractivity contribution is 5.79. The van der Waals surface area contributed by atoms with Crippen molar-refractivity contribution in [3.05, 3.63) is 0 Å². The number of carbonyl (C=O) groups excluding carboxylic acids is 2. The van der Waals surface area contributed by atoms with Gasteiger partial charge in [-0.05, 0) is 6.92 Å². The minimum Gasteiger partial charge on any atom is -0.448 e. The average Bonchev–Trinajstić information content (AvgIpc) is 2.05. The molecule has 0 aliphatic carbocycles. The summed E-state index contributed by atoms with van der Waals surface area (Å²) in [5, 5.41) is 0. The van der Waals surface area contributed by atoms with Gasteiger partial charge in [0.1, 0.15) is 6.61 Å². The fourth-order valence-corrected chi connectivity index (χ4v) is 0.392. The Morgan fingerprint density at radius 1 is 1.67 bits per heavy atom. The number of hydroxylamine groups is 1. The lowest BCUT2D eigenvalue weighted by molar-refractivity contribution is -0.119. The third-order valence-electron chi connectivity index (χ3n) is 0.754. The molecule has 0 aliphatic rings. The molecule has 12 heavy (non-hydrogen) atoms. The molecule has 0 aliphatic heterocycles. The van der Waals surface area contributed by atoms with E-state index in [2.05, 4.69) is 14.6 Å². The predicted molar refractivity (Wildman–Crippen MR) is 40.7 cm³/mol. The molecular formula is C6H10N2O4. The van der Waals surface area contributed by atoms with Gasteiger partial charge in [-0.2, -0.15) is 4.99 Å². The second kappa shape index (κ2) is 7.67. The molecular weight excluding hydrogens is 164 g/mol. The zero-order chi connectivity index (χ0) is 9.23. The standard InChI is InChI=1S/C6H10N2O4/c1-2-11-6(10)7-3-4-12-8-5-9/h3,5H,2,4H2,1H3,(H,8,9)/b7-3+. The molecule has 0 spiro atoms. The van der Waals surface area contributed by atoms with Gasteiger partial charge in [-0.3, -0.25) is 9.63 Å². The van der Waals surface area contributed by atoms with Crippen molar-refractivity contribution in [3.8, 4) is 0 Å². The van der Waals surface area contributed by atoms with E-state index in [1.807, 2.05) is 5.48 Å². The van der Waals surface area contributed by atoms with Crippen LogP contribution in [0, 0.1) is 0 Å². The molecule has 0 aromatic carbocycles. The molecule has 0 radical (unpaired) electrons. The summed E-state index contributed by atoms with van der Waals surface area (Å²) in [6.45, 7) is 1.99. The van der Waals surface area contributed by atoms with E-state index in [1.165, 1.54) is 6.21 Å². The predicted octanol–water partition coefficient (Wildman–Crippen LogP) is -0.109. The Kier molecular flexibility index (Phi) is 6.76. The molecule has 0 fully saturated rings. The van der Waals surface area contributed by atoms with Crippen molar-refractivity contribution in [3.63, 3.8) is 0 Å². The van der Waals surface area contributed by atoms with Gasteiger partial charge in [0, 0.05) is 6.21 Å². The van der Waals surface area contributed by atoms with Gasteiger partial charge >= 0.3 is 6.09 Å². The van der Waals surface area contributed by atoms with Crippen molar-refractivity contribution in [2.75, 3.05) is 13.2 Å². The number of nitrogens with zero attached hydrogens (tertiary/aromatic N) is 1. The van der Waals surface area contributed by atoms with Crippen LogP contribution in [0.25, 0.3) is 0 Å². The van der Waals surface area contributed by atoms with E-state index in [1.54, 1.807) is 6.92 Å². The molecule has 68 valence electrons. The summed E-state index contributed by atoms with van der Waals surface area (Å²) in [7, 11) is 0. The number of carbonyl (C=O) groups is 2. The summed E-state index contributed by atoms with van der Waals surface area (Å²) in [5.74, 6) is 0. The van der Waals surface area contributed by atoms with Crippen molar-refractivity contribution in [2.45, 2.75) is 6.92 Å². The van der Waals surface area contributed by atoms with Crippen LogP contribution >= 0.6 is 0 Å². The summed E-state index contributed by atoms with van der Waals surface area (Å²) in [6, 6.07) is 0. The average molecular weight is 174 g/mol. The largest absolute Gasteiger partial charge is 0.448 e. The van der Waals surface area contributed by atoms with Crippen molar-refractivity contribution < 1.29 is 19.2 Å². The van der Waals surface area contributed by atoms with Gasteiger partial charge in [-0.15, -0.1) is 0 Å². The van der Waals surface area contributed by atoms with Crippen molar-refractivity contribution in [1.29, 1.82) is 0 Å². The van der Waals surface area contributed by atoms with Gasteiger partial charge in [0.15, 0.2) is 0 Å². The van der Waals surface area contributed by atoms with Crippen LogP contribution in [0.5, 0.6) is 0 Å². The fourth-order valence-electron chi connectivity index (χ4n) is 0.392. The smallest absolute Gasteiger partial charge is 0.433 e. The molecule has 1 N–H and O–H groups in total. The highest BCUT2D eigenvalue weighted by Crippen LogP contribution is 1.80. The number of ether oxygens (including phenoxy) is 1. The molecule has 0 aromatic heterocycles. The molecule has 6 nitrogen and oxygen atoms in total. The monoisotopic (exact) mass is 174 g/mol. The number of hydrogen-bond donors (Lipinski definition) is 1. The van der Waals surface area contributed by atoms with Gasteiger partial charge in [0.2, 0.25) is 6.41 Å². The maximum atomic E-state index is 10.5. The van der Waals surface area contributed by atoms with Gasteiger partial charge in [-0.1, -0.05) is 0 Å². The lowest BCUT2D eigenvalue weighted by Crippen LogP contribution is -2.13. The zero-order valence-electron chi connectivity index (χ0n) is 6.65. The minimum absolute atomic E-state index is 0.0254. The molecule has 0 unspecified atom stereocenters. The summed E-state index contributed by atoms with van der Waals surface area (Å²) >= 11 is 0. The quantitative estimate of drug-likeness (QED) is 0.273. The van der Waals surface area contributed by atoms with Crippen LogP contribution in [-0.2, 0) is 14.4 Å². The van der Waals surface area contributed by atoms with Crippen molar-refractivity contribution in [2.24, 2.45) is 4.99 Å². The van der Waals surface area contributed by atoms with E-state index in [4.69, 9.17) is 0 Å². The number of amides is 2. The van der Waals surface area contributed by atoms with Gasteiger partial charge in [0.25, 0.3) is 0 Å². The van der Waals surface area contributed by atoms with E-state index in [0.717, 1.165) is 0 Å². The number of rotatable bonds is 5.